The van der Waals surface area contributed by atoms with Gasteiger partial charge < -0.3 is 14.8 Å². The molecule has 0 bridgehead atoms. The lowest BCUT2D eigenvalue weighted by Crippen LogP contribution is -2.27. The van der Waals surface area contributed by atoms with Crippen LogP contribution in [0.25, 0.3) is 6.08 Å². The normalized spacial score (nSPS) is 12.3. The summed E-state index contributed by atoms with van der Waals surface area (Å²) in [6, 6.07) is 9.59. The summed E-state index contributed by atoms with van der Waals surface area (Å²) in [5.74, 6) is 0.624. The van der Waals surface area contributed by atoms with Crippen molar-refractivity contribution in [2.24, 2.45) is 0 Å². The zero-order chi connectivity index (χ0) is 15.8. The molecule has 1 aromatic carbocycles. The molecule has 0 aliphatic rings. The molecule has 2 aromatic rings. The molecule has 0 aliphatic carbocycles. The molecule has 1 atom stereocenters. The van der Waals surface area contributed by atoms with Crippen LogP contribution in [-0.4, -0.2) is 26.7 Å². The average Bonchev–Trinajstić information content (AvgIpc) is 3.07. The minimum atomic E-state index is -0.214. The van der Waals surface area contributed by atoms with E-state index in [4.69, 9.17) is 9.47 Å². The number of amides is 1. The number of carbonyl (C=O) groups is 1. The first kappa shape index (κ1) is 16.3. The molecule has 1 amide bonds. The highest BCUT2D eigenvalue weighted by Gasteiger charge is 2.12. The van der Waals surface area contributed by atoms with Crippen LogP contribution in [0.5, 0.6) is 5.75 Å². The van der Waals surface area contributed by atoms with Gasteiger partial charge in [-0.15, -0.1) is 0 Å². The van der Waals surface area contributed by atoms with Crippen molar-refractivity contribution in [1.82, 2.24) is 5.32 Å². The van der Waals surface area contributed by atoms with Crippen LogP contribution in [0.4, 0.5) is 0 Å². The molecule has 1 aromatic heterocycles. The number of nitrogens with one attached hydrogen (secondary N) is 1. The summed E-state index contributed by atoms with van der Waals surface area (Å²) in [6.45, 7) is 0.399. The van der Waals surface area contributed by atoms with Crippen molar-refractivity contribution >= 4 is 23.3 Å². The molecule has 0 aliphatic heterocycles. The number of hydrogen-bond acceptors (Lipinski definition) is 4. The first-order valence-electron chi connectivity index (χ1n) is 6.88. The quantitative estimate of drug-likeness (QED) is 0.797. The van der Waals surface area contributed by atoms with Crippen LogP contribution in [0.3, 0.4) is 0 Å². The first-order valence-corrected chi connectivity index (χ1v) is 7.82. The van der Waals surface area contributed by atoms with Gasteiger partial charge >= 0.3 is 0 Å². The largest absolute Gasteiger partial charge is 0.497 e. The van der Waals surface area contributed by atoms with Gasteiger partial charge in [0.1, 0.15) is 5.75 Å². The monoisotopic (exact) mass is 317 g/mol. The summed E-state index contributed by atoms with van der Waals surface area (Å²) in [5, 5.41) is 6.80. The number of rotatable bonds is 7. The molecule has 116 valence electrons. The molecule has 0 fully saturated rings. The van der Waals surface area contributed by atoms with Crippen LogP contribution >= 0.6 is 11.3 Å². The van der Waals surface area contributed by atoms with Crippen molar-refractivity contribution in [2.45, 2.75) is 6.10 Å². The zero-order valence-corrected chi connectivity index (χ0v) is 13.4. The summed E-state index contributed by atoms with van der Waals surface area (Å²) in [5.41, 5.74) is 1.99. The van der Waals surface area contributed by atoms with Crippen molar-refractivity contribution in [2.75, 3.05) is 20.8 Å². The third-order valence-electron chi connectivity index (χ3n) is 3.18. The average molecular weight is 317 g/mol. The van der Waals surface area contributed by atoms with Gasteiger partial charge in [0.15, 0.2) is 0 Å². The summed E-state index contributed by atoms with van der Waals surface area (Å²) in [7, 11) is 3.25. The predicted molar refractivity (Wildman–Crippen MR) is 89.1 cm³/mol. The maximum Gasteiger partial charge on any atom is 0.244 e. The minimum Gasteiger partial charge on any atom is -0.497 e. The maximum absolute atomic E-state index is 11.8. The van der Waals surface area contributed by atoms with E-state index in [1.54, 1.807) is 31.6 Å². The number of ether oxygens (including phenoxy) is 2. The minimum absolute atomic E-state index is 0.142. The Balaban J connectivity index is 1.91. The molecule has 0 saturated carbocycles. The van der Waals surface area contributed by atoms with Crippen molar-refractivity contribution in [3.63, 3.8) is 0 Å². The highest BCUT2D eigenvalue weighted by molar-refractivity contribution is 7.08. The second-order valence-electron chi connectivity index (χ2n) is 4.64. The van der Waals surface area contributed by atoms with Gasteiger partial charge in [-0.1, -0.05) is 12.1 Å². The lowest BCUT2D eigenvalue weighted by atomic mass is 10.1. The Labute approximate surface area is 134 Å². The second-order valence-corrected chi connectivity index (χ2v) is 5.42. The fourth-order valence-electron chi connectivity index (χ4n) is 1.97. The van der Waals surface area contributed by atoms with Crippen molar-refractivity contribution in [1.29, 1.82) is 0 Å². The van der Waals surface area contributed by atoms with E-state index in [2.05, 4.69) is 5.32 Å². The number of benzene rings is 1. The molecule has 0 unspecified atom stereocenters. The lowest BCUT2D eigenvalue weighted by Gasteiger charge is -2.16. The standard InChI is InChI=1S/C17H19NO3S/c1-20-15-5-3-4-14(10-15)16(21-2)11-18-17(19)7-6-13-8-9-22-12-13/h3-10,12,16H,11H2,1-2H3,(H,18,19)/b7-6+/t16-/m0/s1. The Bertz CT molecular complexity index is 623. The van der Waals surface area contributed by atoms with Gasteiger partial charge in [-0.2, -0.15) is 11.3 Å². The molecular formula is C17H19NO3S. The van der Waals surface area contributed by atoms with Gasteiger partial charge in [0, 0.05) is 19.7 Å². The Hall–Kier alpha value is -2.11. The van der Waals surface area contributed by atoms with Crippen LogP contribution in [0.1, 0.15) is 17.2 Å². The Morgan fingerprint density at radius 3 is 2.91 bits per heavy atom. The molecule has 1 heterocycles. The first-order chi connectivity index (χ1) is 10.7. The van der Waals surface area contributed by atoms with Crippen LogP contribution in [-0.2, 0) is 9.53 Å². The Morgan fingerprint density at radius 2 is 2.23 bits per heavy atom. The van der Waals surface area contributed by atoms with Gasteiger partial charge in [-0.05, 0) is 46.2 Å². The van der Waals surface area contributed by atoms with Gasteiger partial charge in [-0.25, -0.2) is 0 Å². The van der Waals surface area contributed by atoms with E-state index in [0.29, 0.717) is 6.54 Å². The smallest absolute Gasteiger partial charge is 0.244 e. The molecule has 0 saturated heterocycles. The van der Waals surface area contributed by atoms with E-state index in [-0.39, 0.29) is 12.0 Å². The molecule has 0 radical (unpaired) electrons. The van der Waals surface area contributed by atoms with Crippen molar-refractivity contribution < 1.29 is 14.3 Å². The third-order valence-corrected chi connectivity index (χ3v) is 3.88. The van der Waals surface area contributed by atoms with Gasteiger partial charge in [0.05, 0.1) is 13.2 Å². The summed E-state index contributed by atoms with van der Waals surface area (Å²) in [6.07, 6.45) is 3.10. The summed E-state index contributed by atoms with van der Waals surface area (Å²) in [4.78, 5) is 11.8. The SMILES string of the molecule is COc1cccc([C@H](CNC(=O)/C=C/c2ccsc2)OC)c1. The topological polar surface area (TPSA) is 47.6 Å². The van der Waals surface area contributed by atoms with Gasteiger partial charge in [-0.3, -0.25) is 4.79 Å². The van der Waals surface area contributed by atoms with E-state index in [1.165, 1.54) is 6.08 Å². The number of methoxy groups -OCH3 is 2. The van der Waals surface area contributed by atoms with E-state index < -0.39 is 0 Å². The fraction of sp³-hybridized carbons (Fsp3) is 0.235. The van der Waals surface area contributed by atoms with E-state index in [0.717, 1.165) is 16.9 Å². The van der Waals surface area contributed by atoms with Crippen LogP contribution < -0.4 is 10.1 Å². The number of hydrogen-bond donors (Lipinski definition) is 1. The van der Waals surface area contributed by atoms with E-state index >= 15 is 0 Å². The highest BCUT2D eigenvalue weighted by Crippen LogP contribution is 2.20. The van der Waals surface area contributed by atoms with Crippen molar-refractivity contribution in [3.05, 3.63) is 58.3 Å². The zero-order valence-electron chi connectivity index (χ0n) is 12.6. The Morgan fingerprint density at radius 1 is 1.36 bits per heavy atom. The van der Waals surface area contributed by atoms with Crippen LogP contribution in [0.2, 0.25) is 0 Å². The Kier molecular flexibility index (Phi) is 6.18. The highest BCUT2D eigenvalue weighted by atomic mass is 32.1. The number of carbonyl (C=O) groups excluding carboxylic acids is 1. The lowest BCUT2D eigenvalue weighted by molar-refractivity contribution is -0.117. The summed E-state index contributed by atoms with van der Waals surface area (Å²) < 4.78 is 10.6. The molecule has 1 N–H and O–H groups in total. The van der Waals surface area contributed by atoms with E-state index in [1.807, 2.05) is 41.1 Å². The predicted octanol–water partition coefficient (Wildman–Crippen LogP) is 3.27. The molecular weight excluding hydrogens is 298 g/mol. The molecule has 22 heavy (non-hydrogen) atoms. The summed E-state index contributed by atoms with van der Waals surface area (Å²) >= 11 is 1.60. The molecule has 4 nitrogen and oxygen atoms in total. The van der Waals surface area contributed by atoms with Crippen molar-refractivity contribution in [3.8, 4) is 5.75 Å². The molecule has 0 spiro atoms. The molecule has 5 heteroatoms. The van der Waals surface area contributed by atoms with E-state index in [9.17, 15) is 4.79 Å². The third kappa shape index (κ3) is 4.72. The molecule has 2 rings (SSSR count). The van der Waals surface area contributed by atoms with Gasteiger partial charge in [0.25, 0.3) is 0 Å². The van der Waals surface area contributed by atoms with Gasteiger partial charge in [0.2, 0.25) is 5.91 Å². The second kappa shape index (κ2) is 8.36. The van der Waals surface area contributed by atoms with Crippen LogP contribution in [0.15, 0.2) is 47.2 Å². The fourth-order valence-corrected chi connectivity index (χ4v) is 2.60. The maximum atomic E-state index is 11.8. The van der Waals surface area contributed by atoms with Crippen LogP contribution in [0, 0.1) is 0 Å². The number of thiophene rings is 1.